The number of ketones is 2. The van der Waals surface area contributed by atoms with Gasteiger partial charge in [0.2, 0.25) is 11.8 Å². The van der Waals surface area contributed by atoms with Crippen LogP contribution in [0.1, 0.15) is 52.5 Å². The van der Waals surface area contributed by atoms with Crippen molar-refractivity contribution in [3.05, 3.63) is 57.7 Å². The number of benzene rings is 1. The summed E-state index contributed by atoms with van der Waals surface area (Å²) in [5, 5.41) is 7.94. The Hall–Kier alpha value is -3.66. The number of imide groups is 1. The van der Waals surface area contributed by atoms with Gasteiger partial charge >= 0.3 is 0 Å². The standard InChI is InChI=1S/C23H20N4O5S/c28-18-8-12(22-24-6-7-33-22)9-19(29)14(18)10-25-16-3-1-2-13-15(16)11-27(23(13)32)17-4-5-20(30)26-21(17)31/h1-3,6-7,10,12,17,25H,4-5,8-9,11H2,(H,26,30,31). The lowest BCUT2D eigenvalue weighted by Crippen LogP contribution is -2.52. The van der Waals surface area contributed by atoms with E-state index in [1.54, 1.807) is 24.4 Å². The Morgan fingerprint density at radius 3 is 2.61 bits per heavy atom. The van der Waals surface area contributed by atoms with Crippen molar-refractivity contribution in [2.75, 3.05) is 5.32 Å². The molecule has 1 unspecified atom stereocenters. The molecule has 2 aromatic rings. The summed E-state index contributed by atoms with van der Waals surface area (Å²) in [4.78, 5) is 67.6. The maximum Gasteiger partial charge on any atom is 0.255 e. The van der Waals surface area contributed by atoms with Crippen molar-refractivity contribution in [2.45, 2.75) is 44.2 Å². The third-order valence-corrected chi connectivity index (χ3v) is 7.16. The number of aromatic nitrogens is 1. The Kier molecular flexibility index (Phi) is 5.37. The van der Waals surface area contributed by atoms with E-state index in [1.807, 2.05) is 5.38 Å². The molecule has 2 aliphatic heterocycles. The summed E-state index contributed by atoms with van der Waals surface area (Å²) in [7, 11) is 0. The number of rotatable bonds is 4. The third-order valence-electron chi connectivity index (χ3n) is 6.22. The molecule has 1 saturated heterocycles. The van der Waals surface area contributed by atoms with E-state index < -0.39 is 11.9 Å². The second kappa shape index (κ2) is 8.36. The van der Waals surface area contributed by atoms with Crippen LogP contribution in [0.2, 0.25) is 0 Å². The van der Waals surface area contributed by atoms with Crippen LogP contribution >= 0.6 is 11.3 Å². The minimum Gasteiger partial charge on any atom is -0.361 e. The van der Waals surface area contributed by atoms with Crippen molar-refractivity contribution < 1.29 is 24.0 Å². The zero-order chi connectivity index (χ0) is 23.1. The van der Waals surface area contributed by atoms with Gasteiger partial charge in [-0.25, -0.2) is 4.98 Å². The topological polar surface area (TPSA) is 126 Å². The number of hydrogen-bond donors (Lipinski definition) is 2. The molecule has 10 heteroatoms. The first-order chi connectivity index (χ1) is 15.9. The fraction of sp³-hybridized carbons (Fsp3) is 0.304. The Balaban J connectivity index is 1.34. The van der Waals surface area contributed by atoms with Crippen molar-refractivity contribution in [3.63, 3.8) is 0 Å². The van der Waals surface area contributed by atoms with E-state index in [1.165, 1.54) is 22.4 Å². The largest absolute Gasteiger partial charge is 0.361 e. The highest BCUT2D eigenvalue weighted by Gasteiger charge is 2.40. The molecule has 0 radical (unpaired) electrons. The zero-order valence-electron chi connectivity index (χ0n) is 17.5. The first kappa shape index (κ1) is 21.2. The van der Waals surface area contributed by atoms with Crippen LogP contribution in [0, 0.1) is 0 Å². The monoisotopic (exact) mass is 464 g/mol. The lowest BCUT2D eigenvalue weighted by atomic mass is 9.84. The summed E-state index contributed by atoms with van der Waals surface area (Å²) in [6.45, 7) is 0.195. The van der Waals surface area contributed by atoms with Crippen LogP contribution in [0.4, 0.5) is 5.69 Å². The highest BCUT2D eigenvalue weighted by molar-refractivity contribution is 7.09. The average molecular weight is 465 g/mol. The molecule has 1 saturated carbocycles. The molecule has 3 heterocycles. The lowest BCUT2D eigenvalue weighted by molar-refractivity contribution is -0.137. The van der Waals surface area contributed by atoms with Crippen molar-refractivity contribution in [2.24, 2.45) is 0 Å². The molecule has 0 bridgehead atoms. The van der Waals surface area contributed by atoms with Crippen molar-refractivity contribution >= 4 is 46.3 Å². The summed E-state index contributed by atoms with van der Waals surface area (Å²) in [6, 6.07) is 4.43. The predicted octanol–water partition coefficient (Wildman–Crippen LogP) is 1.92. The van der Waals surface area contributed by atoms with Gasteiger partial charge in [-0.1, -0.05) is 6.07 Å². The van der Waals surface area contributed by atoms with Gasteiger partial charge in [0.05, 0.1) is 10.6 Å². The first-order valence-corrected chi connectivity index (χ1v) is 11.5. The van der Waals surface area contributed by atoms with Crippen LogP contribution < -0.4 is 10.6 Å². The van der Waals surface area contributed by atoms with E-state index >= 15 is 0 Å². The quantitative estimate of drug-likeness (QED) is 0.402. The van der Waals surface area contributed by atoms with E-state index in [9.17, 15) is 24.0 Å². The molecule has 5 rings (SSSR count). The molecular formula is C23H20N4O5S. The van der Waals surface area contributed by atoms with Crippen LogP contribution in [0.3, 0.4) is 0 Å². The average Bonchev–Trinajstić information content (AvgIpc) is 3.43. The number of nitrogens with zero attached hydrogens (tertiary/aromatic N) is 2. The van der Waals surface area contributed by atoms with Gasteiger partial charge in [0.15, 0.2) is 11.6 Å². The van der Waals surface area contributed by atoms with E-state index in [4.69, 9.17) is 0 Å². The van der Waals surface area contributed by atoms with Gasteiger partial charge in [-0.15, -0.1) is 11.3 Å². The molecule has 168 valence electrons. The maximum atomic E-state index is 12.9. The number of fused-ring (bicyclic) bond motifs is 1. The number of nitrogens with one attached hydrogen (secondary N) is 2. The Bertz CT molecular complexity index is 1200. The van der Waals surface area contributed by atoms with Crippen LogP contribution in [-0.2, 0) is 25.7 Å². The lowest BCUT2D eigenvalue weighted by Gasteiger charge is -2.29. The smallest absolute Gasteiger partial charge is 0.255 e. The summed E-state index contributed by atoms with van der Waals surface area (Å²) in [5.41, 5.74) is 1.83. The molecule has 1 aromatic carbocycles. The van der Waals surface area contributed by atoms with Crippen LogP contribution in [0.15, 0.2) is 41.5 Å². The molecular weight excluding hydrogens is 444 g/mol. The molecule has 0 spiro atoms. The van der Waals surface area contributed by atoms with Gasteiger partial charge in [0.25, 0.3) is 5.91 Å². The summed E-state index contributed by atoms with van der Waals surface area (Å²) >= 11 is 1.44. The molecule has 1 aromatic heterocycles. The number of allylic oxidation sites excluding steroid dienone is 1. The molecule has 1 atom stereocenters. The Morgan fingerprint density at radius 2 is 1.91 bits per heavy atom. The van der Waals surface area contributed by atoms with Gasteiger partial charge in [0, 0.05) is 66.3 Å². The number of Topliss-reactive ketones (excluding diaryl/α,β-unsaturated/α-hetero) is 2. The second-order valence-electron chi connectivity index (χ2n) is 8.26. The fourth-order valence-electron chi connectivity index (χ4n) is 4.54. The summed E-state index contributed by atoms with van der Waals surface area (Å²) < 4.78 is 0. The number of hydrogen-bond acceptors (Lipinski definition) is 8. The number of carbonyl (C=O) groups excluding carboxylic acids is 5. The minimum absolute atomic E-state index is 0.103. The van der Waals surface area contributed by atoms with Gasteiger partial charge in [-0.05, 0) is 18.6 Å². The maximum absolute atomic E-state index is 12.9. The van der Waals surface area contributed by atoms with Crippen molar-refractivity contribution in [1.29, 1.82) is 0 Å². The number of carbonyl (C=O) groups is 5. The first-order valence-electron chi connectivity index (χ1n) is 10.6. The number of anilines is 1. The number of thiazole rings is 1. The van der Waals surface area contributed by atoms with Gasteiger partial charge in [-0.2, -0.15) is 0 Å². The van der Waals surface area contributed by atoms with Crippen molar-refractivity contribution in [3.8, 4) is 0 Å². The Labute approximate surface area is 192 Å². The molecule has 9 nitrogen and oxygen atoms in total. The molecule has 3 amide bonds. The van der Waals surface area contributed by atoms with Gasteiger partial charge in [0.1, 0.15) is 6.04 Å². The highest BCUT2D eigenvalue weighted by atomic mass is 32.1. The van der Waals surface area contributed by atoms with E-state index in [0.29, 0.717) is 16.8 Å². The molecule has 2 fully saturated rings. The molecule has 2 N–H and O–H groups in total. The molecule has 33 heavy (non-hydrogen) atoms. The minimum atomic E-state index is -0.710. The van der Waals surface area contributed by atoms with Crippen LogP contribution in [-0.4, -0.2) is 45.2 Å². The van der Waals surface area contributed by atoms with Gasteiger partial charge in [-0.3, -0.25) is 29.3 Å². The summed E-state index contributed by atoms with van der Waals surface area (Å²) in [6.07, 6.45) is 3.98. The fourth-order valence-corrected chi connectivity index (χ4v) is 5.28. The SMILES string of the molecule is O=C1CCC(N2Cc3c(NC=C4C(=O)CC(c5nccs5)CC4=O)cccc3C2=O)C(=O)N1. The molecule has 3 aliphatic rings. The van der Waals surface area contributed by atoms with Crippen molar-refractivity contribution in [1.82, 2.24) is 15.2 Å². The van der Waals surface area contributed by atoms with E-state index in [2.05, 4.69) is 15.6 Å². The number of amides is 3. The second-order valence-corrected chi connectivity index (χ2v) is 9.18. The highest BCUT2D eigenvalue weighted by Crippen LogP contribution is 2.34. The third kappa shape index (κ3) is 3.86. The van der Waals surface area contributed by atoms with Crippen LogP contribution in [0.5, 0.6) is 0 Å². The zero-order valence-corrected chi connectivity index (χ0v) is 18.3. The van der Waals surface area contributed by atoms with E-state index in [0.717, 1.165) is 5.01 Å². The predicted molar refractivity (Wildman–Crippen MR) is 118 cm³/mol. The van der Waals surface area contributed by atoms with E-state index in [-0.39, 0.29) is 67.1 Å². The Morgan fingerprint density at radius 1 is 1.12 bits per heavy atom. The van der Waals surface area contributed by atoms with Gasteiger partial charge < -0.3 is 10.2 Å². The normalized spacial score (nSPS) is 23.0. The molecule has 1 aliphatic carbocycles. The van der Waals surface area contributed by atoms with Crippen LogP contribution in [0.25, 0.3) is 0 Å². The number of piperidine rings is 1. The summed E-state index contributed by atoms with van der Waals surface area (Å²) in [5.74, 6) is -1.78.